The molecule has 0 N–H and O–H groups in total. The molecule has 0 saturated heterocycles. The fourth-order valence-corrected chi connectivity index (χ4v) is 1.83. The first-order valence-corrected chi connectivity index (χ1v) is 5.62. The molecule has 0 aliphatic heterocycles. The Bertz CT molecular complexity index is 547. The average Bonchev–Trinajstić information content (AvgIpc) is 2.31. The first-order valence-electron chi connectivity index (χ1n) is 5.24. The van der Waals surface area contributed by atoms with Gasteiger partial charge >= 0.3 is 6.18 Å². The van der Waals surface area contributed by atoms with E-state index in [-0.39, 0.29) is 5.56 Å². The van der Waals surface area contributed by atoms with Gasteiger partial charge in [0.05, 0.1) is 5.56 Å². The van der Waals surface area contributed by atoms with Gasteiger partial charge in [0.1, 0.15) is 0 Å². The van der Waals surface area contributed by atoms with E-state index in [9.17, 15) is 13.2 Å². The first kappa shape index (κ1) is 13.0. The summed E-state index contributed by atoms with van der Waals surface area (Å²) in [6.45, 7) is 0. The minimum Gasteiger partial charge on any atom is -0.166 e. The van der Waals surface area contributed by atoms with E-state index in [4.69, 9.17) is 11.6 Å². The van der Waals surface area contributed by atoms with Gasteiger partial charge in [-0.3, -0.25) is 0 Å². The smallest absolute Gasteiger partial charge is 0.166 e. The van der Waals surface area contributed by atoms with E-state index in [1.807, 2.05) is 0 Å². The van der Waals surface area contributed by atoms with Crippen LogP contribution >= 0.6 is 11.6 Å². The lowest BCUT2D eigenvalue weighted by atomic mass is 9.99. The van der Waals surface area contributed by atoms with Crippen molar-refractivity contribution in [2.75, 3.05) is 0 Å². The minimum atomic E-state index is -4.37. The number of benzene rings is 2. The van der Waals surface area contributed by atoms with Crippen LogP contribution in [0.3, 0.4) is 0 Å². The molecule has 0 fully saturated rings. The van der Waals surface area contributed by atoms with E-state index in [2.05, 4.69) is 0 Å². The van der Waals surface area contributed by atoms with Gasteiger partial charge < -0.3 is 0 Å². The van der Waals surface area contributed by atoms with Crippen molar-refractivity contribution in [3.8, 4) is 0 Å². The summed E-state index contributed by atoms with van der Waals surface area (Å²) in [6.07, 6.45) is -2.93. The van der Waals surface area contributed by atoms with E-state index in [0.717, 1.165) is 6.07 Å². The summed E-state index contributed by atoms with van der Waals surface area (Å²) >= 11 is 5.93. The van der Waals surface area contributed by atoms with Crippen molar-refractivity contribution in [2.45, 2.75) is 6.18 Å². The molecule has 2 aromatic rings. The Balaban J connectivity index is 2.39. The molecule has 0 saturated carbocycles. The molecule has 0 bridgehead atoms. The Morgan fingerprint density at radius 1 is 0.833 bits per heavy atom. The molecule has 2 rings (SSSR count). The van der Waals surface area contributed by atoms with Gasteiger partial charge in [0.2, 0.25) is 0 Å². The summed E-state index contributed by atoms with van der Waals surface area (Å²) in [5.74, 6) is 0. The molecule has 0 spiro atoms. The van der Waals surface area contributed by atoms with Crippen LogP contribution in [0.1, 0.15) is 16.7 Å². The minimum absolute atomic E-state index is 0.109. The average molecular weight is 270 g/mol. The fourth-order valence-electron chi connectivity index (χ4n) is 1.64. The van der Waals surface area contributed by atoms with E-state index < -0.39 is 11.7 Å². The van der Waals surface area contributed by atoms with Crippen LogP contribution in [-0.4, -0.2) is 0 Å². The lowest BCUT2D eigenvalue weighted by Crippen LogP contribution is -2.08. The van der Waals surface area contributed by atoms with Gasteiger partial charge in [-0.2, -0.15) is 13.2 Å². The Morgan fingerprint density at radius 2 is 1.39 bits per heavy atom. The van der Waals surface area contributed by atoms with Crippen LogP contribution in [0, 0.1) is 6.42 Å². The lowest BCUT2D eigenvalue weighted by molar-refractivity contribution is -0.137. The number of alkyl halides is 3. The van der Waals surface area contributed by atoms with Crippen LogP contribution in [0.25, 0.3) is 0 Å². The molecule has 0 heterocycles. The highest BCUT2D eigenvalue weighted by Gasteiger charge is 2.32. The Morgan fingerprint density at radius 3 is 2.00 bits per heavy atom. The van der Waals surface area contributed by atoms with Gasteiger partial charge in [-0.25, -0.2) is 0 Å². The Labute approximate surface area is 108 Å². The summed E-state index contributed by atoms with van der Waals surface area (Å²) < 4.78 is 38.4. The van der Waals surface area contributed by atoms with Crippen molar-refractivity contribution in [2.24, 2.45) is 0 Å². The second kappa shape index (κ2) is 5.02. The molecule has 4 heteroatoms. The highest BCUT2D eigenvalue weighted by atomic mass is 35.5. The van der Waals surface area contributed by atoms with E-state index in [1.54, 1.807) is 30.3 Å². The van der Waals surface area contributed by atoms with Crippen molar-refractivity contribution >= 4 is 11.6 Å². The molecule has 0 nitrogen and oxygen atoms in total. The molecular formula is C14H9ClF3. The van der Waals surface area contributed by atoms with Crippen molar-refractivity contribution in [1.82, 2.24) is 0 Å². The Kier molecular flexibility index (Phi) is 3.62. The number of hydrogen-bond acceptors (Lipinski definition) is 0. The molecule has 18 heavy (non-hydrogen) atoms. The van der Waals surface area contributed by atoms with E-state index >= 15 is 0 Å². The summed E-state index contributed by atoms with van der Waals surface area (Å²) in [6, 6.07) is 12.2. The van der Waals surface area contributed by atoms with Crippen LogP contribution in [0.2, 0.25) is 5.02 Å². The van der Waals surface area contributed by atoms with Crippen LogP contribution in [0.5, 0.6) is 0 Å². The third-order valence-corrected chi connectivity index (χ3v) is 2.83. The highest BCUT2D eigenvalue weighted by Crippen LogP contribution is 2.34. The summed E-state index contributed by atoms with van der Waals surface area (Å²) in [5, 5.41) is 0.425. The molecule has 93 valence electrons. The molecule has 0 aliphatic rings. The van der Waals surface area contributed by atoms with Crippen LogP contribution in [0.15, 0.2) is 48.5 Å². The van der Waals surface area contributed by atoms with Crippen LogP contribution < -0.4 is 0 Å². The van der Waals surface area contributed by atoms with Gasteiger partial charge in [0, 0.05) is 11.4 Å². The van der Waals surface area contributed by atoms with Crippen molar-refractivity contribution < 1.29 is 13.2 Å². The second-order valence-corrected chi connectivity index (χ2v) is 4.16. The van der Waals surface area contributed by atoms with Crippen molar-refractivity contribution in [1.29, 1.82) is 0 Å². The predicted molar refractivity (Wildman–Crippen MR) is 65.4 cm³/mol. The summed E-state index contributed by atoms with van der Waals surface area (Å²) in [5.41, 5.74) is 0.0129. The summed E-state index contributed by atoms with van der Waals surface area (Å²) in [7, 11) is 0. The van der Waals surface area contributed by atoms with E-state index in [1.165, 1.54) is 18.6 Å². The molecular weight excluding hydrogens is 261 g/mol. The third-order valence-electron chi connectivity index (χ3n) is 2.48. The standard InChI is InChI=1S/C14H9ClF3/c15-13-8-4-2-6-11(13)9-10-5-1-3-7-12(10)14(16,17)18/h1-9H. The number of hydrogen-bond donors (Lipinski definition) is 0. The SMILES string of the molecule is FC(F)(F)c1ccccc1[CH]c1ccccc1Cl. The van der Waals surface area contributed by atoms with Gasteiger partial charge in [0.15, 0.2) is 0 Å². The third kappa shape index (κ3) is 2.85. The molecule has 0 aromatic heterocycles. The maximum absolute atomic E-state index is 12.8. The van der Waals surface area contributed by atoms with Gasteiger partial charge in [-0.15, -0.1) is 0 Å². The van der Waals surface area contributed by atoms with Gasteiger partial charge in [0.25, 0.3) is 0 Å². The summed E-state index contributed by atoms with van der Waals surface area (Å²) in [4.78, 5) is 0. The van der Waals surface area contributed by atoms with Crippen molar-refractivity contribution in [3.05, 3.63) is 76.7 Å². The molecule has 0 atom stereocenters. The molecule has 0 unspecified atom stereocenters. The van der Waals surface area contributed by atoms with Crippen molar-refractivity contribution in [3.63, 3.8) is 0 Å². The molecule has 2 aromatic carbocycles. The zero-order valence-corrected chi connectivity index (χ0v) is 9.96. The van der Waals surface area contributed by atoms with E-state index in [0.29, 0.717) is 10.6 Å². The number of halogens is 4. The van der Waals surface area contributed by atoms with Crippen LogP contribution in [0.4, 0.5) is 13.2 Å². The monoisotopic (exact) mass is 269 g/mol. The lowest BCUT2D eigenvalue weighted by Gasteiger charge is -2.12. The highest BCUT2D eigenvalue weighted by molar-refractivity contribution is 6.31. The molecule has 0 amide bonds. The Hall–Kier alpha value is -1.48. The predicted octanol–water partition coefficient (Wildman–Crippen LogP) is 4.96. The zero-order valence-electron chi connectivity index (χ0n) is 9.21. The normalized spacial score (nSPS) is 11.6. The van der Waals surface area contributed by atoms with Gasteiger partial charge in [-0.05, 0) is 23.3 Å². The maximum atomic E-state index is 12.8. The fraction of sp³-hybridized carbons (Fsp3) is 0.0714. The van der Waals surface area contributed by atoms with Crippen LogP contribution in [-0.2, 0) is 6.18 Å². The quantitative estimate of drug-likeness (QED) is 0.723. The first-order chi connectivity index (χ1) is 8.48. The second-order valence-electron chi connectivity index (χ2n) is 3.75. The largest absolute Gasteiger partial charge is 0.416 e. The van der Waals surface area contributed by atoms with Gasteiger partial charge in [-0.1, -0.05) is 48.0 Å². The molecule has 1 radical (unpaired) electrons. The molecule has 0 aliphatic carbocycles. The maximum Gasteiger partial charge on any atom is 0.416 e. The topological polar surface area (TPSA) is 0 Å². The zero-order chi connectivity index (χ0) is 13.2. The number of rotatable bonds is 2.